The molecule has 4 aromatic rings. The molecule has 3 heterocycles. The number of rotatable bonds is 4. The first-order valence-electron chi connectivity index (χ1n) is 7.49. The summed E-state index contributed by atoms with van der Waals surface area (Å²) in [6.07, 6.45) is 2.95. The molecular weight excluding hydrogens is 338 g/mol. The zero-order valence-corrected chi connectivity index (χ0v) is 14.0. The fourth-order valence-corrected chi connectivity index (χ4v) is 3.26. The molecule has 0 fully saturated rings. The number of benzene rings is 1. The van der Waals surface area contributed by atoms with Crippen molar-refractivity contribution in [3.8, 4) is 0 Å². The maximum Gasteiger partial charge on any atom is 0.291 e. The lowest BCUT2D eigenvalue weighted by molar-refractivity contribution is 0.0996. The van der Waals surface area contributed by atoms with Crippen LogP contribution < -0.4 is 5.32 Å². The molecule has 0 spiro atoms. The highest BCUT2D eigenvalue weighted by atomic mass is 32.2. The third-order valence-corrected chi connectivity index (χ3v) is 4.43. The minimum Gasteiger partial charge on any atom is -0.459 e. The van der Waals surface area contributed by atoms with E-state index in [2.05, 4.69) is 20.4 Å². The Labute approximate surface area is 147 Å². The largest absolute Gasteiger partial charge is 0.459 e. The van der Waals surface area contributed by atoms with Crippen molar-refractivity contribution in [2.45, 2.75) is 16.8 Å². The van der Waals surface area contributed by atoms with E-state index in [1.807, 2.05) is 37.3 Å². The van der Waals surface area contributed by atoms with Gasteiger partial charge in [0.25, 0.3) is 11.7 Å². The van der Waals surface area contributed by atoms with Crippen molar-refractivity contribution in [3.05, 3.63) is 66.5 Å². The van der Waals surface area contributed by atoms with Crippen LogP contribution in [0.5, 0.6) is 0 Å². The molecule has 8 heteroatoms. The molecule has 0 bridgehead atoms. The van der Waals surface area contributed by atoms with Gasteiger partial charge in [-0.05, 0) is 49.4 Å². The zero-order chi connectivity index (χ0) is 17.2. The molecule has 0 aliphatic rings. The molecule has 0 aliphatic heterocycles. The van der Waals surface area contributed by atoms with Gasteiger partial charge >= 0.3 is 0 Å². The van der Waals surface area contributed by atoms with E-state index in [0.29, 0.717) is 11.5 Å². The van der Waals surface area contributed by atoms with E-state index in [4.69, 9.17) is 4.42 Å². The quantitative estimate of drug-likeness (QED) is 0.567. The number of furan rings is 1. The first-order chi connectivity index (χ1) is 12.2. The molecule has 4 rings (SSSR count). The Morgan fingerprint density at radius 1 is 1.24 bits per heavy atom. The molecule has 3 aromatic heterocycles. The topological polar surface area (TPSA) is 85.3 Å². The summed E-state index contributed by atoms with van der Waals surface area (Å²) >= 11 is 1.55. The number of amides is 1. The van der Waals surface area contributed by atoms with Crippen molar-refractivity contribution in [1.82, 2.24) is 19.6 Å². The number of fused-ring (bicyclic) bond motifs is 1. The maximum atomic E-state index is 12.0. The van der Waals surface area contributed by atoms with Crippen LogP contribution in [0, 0.1) is 6.92 Å². The Balaban J connectivity index is 1.52. The smallest absolute Gasteiger partial charge is 0.291 e. The minimum atomic E-state index is -0.278. The summed E-state index contributed by atoms with van der Waals surface area (Å²) < 4.78 is 6.78. The second-order valence-electron chi connectivity index (χ2n) is 5.27. The predicted octanol–water partition coefficient (Wildman–Crippen LogP) is 3.43. The Kier molecular flexibility index (Phi) is 3.95. The standard InChI is InChI=1S/C17H13N5O2S/c1-11-9-15(22-17(20-11)18-10-19-22)25-13-6-4-12(5-7-13)21-16(23)14-3-2-8-24-14/h2-10H,1H3,(H,21,23). The SMILES string of the molecule is Cc1cc(Sc2ccc(NC(=O)c3ccco3)cc2)n2ncnc2n1. The van der Waals surface area contributed by atoms with Crippen molar-refractivity contribution in [2.24, 2.45) is 0 Å². The van der Waals surface area contributed by atoms with E-state index in [0.717, 1.165) is 15.6 Å². The highest BCUT2D eigenvalue weighted by Crippen LogP contribution is 2.28. The number of carbonyl (C=O) groups is 1. The molecule has 0 saturated heterocycles. The van der Waals surface area contributed by atoms with Crippen LogP contribution in [0.15, 0.2) is 69.4 Å². The third kappa shape index (κ3) is 3.24. The molecule has 0 unspecified atom stereocenters. The van der Waals surface area contributed by atoms with E-state index in [9.17, 15) is 4.79 Å². The lowest BCUT2D eigenvalue weighted by atomic mass is 10.3. The molecule has 0 saturated carbocycles. The van der Waals surface area contributed by atoms with Gasteiger partial charge in [0.2, 0.25) is 0 Å². The van der Waals surface area contributed by atoms with E-state index >= 15 is 0 Å². The first kappa shape index (κ1) is 15.4. The van der Waals surface area contributed by atoms with Crippen LogP contribution in [0.1, 0.15) is 16.2 Å². The van der Waals surface area contributed by atoms with Crippen LogP contribution in [-0.4, -0.2) is 25.5 Å². The van der Waals surface area contributed by atoms with Crippen LogP contribution in [0.4, 0.5) is 5.69 Å². The Bertz CT molecular complexity index is 1030. The normalized spacial score (nSPS) is 10.9. The van der Waals surface area contributed by atoms with Gasteiger partial charge in [-0.25, -0.2) is 4.98 Å². The average molecular weight is 351 g/mol. The number of aromatic nitrogens is 4. The van der Waals surface area contributed by atoms with E-state index in [1.165, 1.54) is 12.6 Å². The molecule has 1 aromatic carbocycles. The summed E-state index contributed by atoms with van der Waals surface area (Å²) in [7, 11) is 0. The monoisotopic (exact) mass is 351 g/mol. The molecule has 124 valence electrons. The van der Waals surface area contributed by atoms with Crippen LogP contribution in [-0.2, 0) is 0 Å². The van der Waals surface area contributed by atoms with Gasteiger partial charge in [-0.15, -0.1) is 0 Å². The Morgan fingerprint density at radius 3 is 2.84 bits per heavy atom. The Hall–Kier alpha value is -3.13. The van der Waals surface area contributed by atoms with Crippen molar-refractivity contribution in [1.29, 1.82) is 0 Å². The summed E-state index contributed by atoms with van der Waals surface area (Å²) in [5.74, 6) is 0.573. The number of hydrogen-bond acceptors (Lipinski definition) is 6. The van der Waals surface area contributed by atoms with Crippen LogP contribution in [0.3, 0.4) is 0 Å². The van der Waals surface area contributed by atoms with Crippen molar-refractivity contribution in [3.63, 3.8) is 0 Å². The molecule has 0 aliphatic carbocycles. The van der Waals surface area contributed by atoms with Crippen LogP contribution in [0.25, 0.3) is 5.78 Å². The predicted molar refractivity (Wildman–Crippen MR) is 92.7 cm³/mol. The minimum absolute atomic E-state index is 0.277. The second-order valence-corrected chi connectivity index (χ2v) is 6.36. The molecular formula is C17H13N5O2S. The summed E-state index contributed by atoms with van der Waals surface area (Å²) in [4.78, 5) is 21.4. The van der Waals surface area contributed by atoms with Gasteiger partial charge in [-0.3, -0.25) is 4.79 Å². The molecule has 25 heavy (non-hydrogen) atoms. The number of anilines is 1. The molecule has 1 amide bonds. The molecule has 0 atom stereocenters. The first-order valence-corrected chi connectivity index (χ1v) is 8.31. The molecule has 0 radical (unpaired) electrons. The number of carbonyl (C=O) groups excluding carboxylic acids is 1. The van der Waals surface area contributed by atoms with Gasteiger partial charge in [-0.2, -0.15) is 14.6 Å². The van der Waals surface area contributed by atoms with Crippen molar-refractivity contribution >= 4 is 29.1 Å². The van der Waals surface area contributed by atoms with Gasteiger partial charge in [-0.1, -0.05) is 11.8 Å². The van der Waals surface area contributed by atoms with Crippen LogP contribution in [0.2, 0.25) is 0 Å². The number of hydrogen-bond donors (Lipinski definition) is 1. The Morgan fingerprint density at radius 2 is 2.08 bits per heavy atom. The van der Waals surface area contributed by atoms with Crippen LogP contribution >= 0.6 is 11.8 Å². The van der Waals surface area contributed by atoms with E-state index < -0.39 is 0 Å². The van der Waals surface area contributed by atoms with E-state index in [1.54, 1.807) is 28.4 Å². The van der Waals surface area contributed by atoms with Gasteiger partial charge in [0.15, 0.2) is 5.76 Å². The fraction of sp³-hybridized carbons (Fsp3) is 0.0588. The van der Waals surface area contributed by atoms with Gasteiger partial charge in [0.05, 0.1) is 6.26 Å². The third-order valence-electron chi connectivity index (χ3n) is 3.43. The summed E-state index contributed by atoms with van der Waals surface area (Å²) in [6, 6.07) is 12.8. The number of nitrogens with zero attached hydrogens (tertiary/aromatic N) is 4. The van der Waals surface area contributed by atoms with Gasteiger partial charge in [0.1, 0.15) is 11.4 Å². The fourth-order valence-electron chi connectivity index (χ4n) is 2.30. The van der Waals surface area contributed by atoms with Gasteiger partial charge in [0, 0.05) is 16.3 Å². The highest BCUT2D eigenvalue weighted by Gasteiger charge is 2.10. The lowest BCUT2D eigenvalue weighted by Crippen LogP contribution is -2.10. The number of aryl methyl sites for hydroxylation is 1. The lowest BCUT2D eigenvalue weighted by Gasteiger charge is -2.07. The number of nitrogens with one attached hydrogen (secondary N) is 1. The van der Waals surface area contributed by atoms with Crippen molar-refractivity contribution < 1.29 is 9.21 Å². The molecule has 1 N–H and O–H groups in total. The summed E-state index contributed by atoms with van der Waals surface area (Å²) in [6.45, 7) is 1.92. The highest BCUT2D eigenvalue weighted by molar-refractivity contribution is 7.99. The van der Waals surface area contributed by atoms with Crippen molar-refractivity contribution in [2.75, 3.05) is 5.32 Å². The summed E-state index contributed by atoms with van der Waals surface area (Å²) in [5, 5.41) is 7.91. The van der Waals surface area contributed by atoms with E-state index in [-0.39, 0.29) is 11.7 Å². The molecule has 7 nitrogen and oxygen atoms in total. The maximum absolute atomic E-state index is 12.0. The average Bonchev–Trinajstić information content (AvgIpc) is 3.27. The summed E-state index contributed by atoms with van der Waals surface area (Å²) in [5.41, 5.74) is 1.58. The van der Waals surface area contributed by atoms with Gasteiger partial charge < -0.3 is 9.73 Å². The second kappa shape index (κ2) is 6.40. The zero-order valence-electron chi connectivity index (χ0n) is 13.2.